The smallest absolute Gasteiger partial charge is 0.185 e. The lowest BCUT2D eigenvalue weighted by Crippen LogP contribution is -2.33. The second-order valence-electron chi connectivity index (χ2n) is 4.55. The molecule has 0 aromatic carbocycles. The van der Waals surface area contributed by atoms with Gasteiger partial charge in [-0.1, -0.05) is 12.1 Å². The van der Waals surface area contributed by atoms with Crippen LogP contribution in [-0.4, -0.2) is 71.0 Å². The van der Waals surface area contributed by atoms with E-state index in [1.54, 1.807) is 0 Å². The molecule has 1 saturated heterocycles. The molecule has 0 amide bonds. The summed E-state index contributed by atoms with van der Waals surface area (Å²) in [6.07, 6.45) is -2.83. The van der Waals surface area contributed by atoms with E-state index in [0.717, 1.165) is 5.75 Å². The molecule has 3 N–H and O–H groups in total. The Balaban J connectivity index is 2.00. The van der Waals surface area contributed by atoms with E-state index in [9.17, 15) is 10.2 Å². The molecular formula is C11H15N5O4S. The van der Waals surface area contributed by atoms with Gasteiger partial charge in [-0.2, -0.15) is 4.68 Å². The van der Waals surface area contributed by atoms with Crippen LogP contribution in [0.1, 0.15) is 13.2 Å². The number of aromatic nitrogens is 5. The van der Waals surface area contributed by atoms with Crippen LogP contribution in [0.3, 0.4) is 0 Å². The SMILES string of the molecule is CCSc1ncnc2c1nnn2C1OC(CO)C(O)C1O. The van der Waals surface area contributed by atoms with Crippen LogP contribution < -0.4 is 0 Å². The number of ether oxygens (including phenoxy) is 1. The molecule has 21 heavy (non-hydrogen) atoms. The summed E-state index contributed by atoms with van der Waals surface area (Å²) < 4.78 is 6.74. The maximum Gasteiger partial charge on any atom is 0.185 e. The van der Waals surface area contributed by atoms with Crippen molar-refractivity contribution in [2.45, 2.75) is 36.5 Å². The second-order valence-corrected chi connectivity index (χ2v) is 5.80. The number of aliphatic hydroxyl groups is 3. The third kappa shape index (κ3) is 2.38. The van der Waals surface area contributed by atoms with Crippen LogP contribution in [-0.2, 0) is 4.74 Å². The highest BCUT2D eigenvalue weighted by Crippen LogP contribution is 2.31. The van der Waals surface area contributed by atoms with Crippen LogP contribution in [0.15, 0.2) is 11.4 Å². The monoisotopic (exact) mass is 313 g/mol. The lowest BCUT2D eigenvalue weighted by molar-refractivity contribution is -0.0574. The largest absolute Gasteiger partial charge is 0.394 e. The van der Waals surface area contributed by atoms with E-state index >= 15 is 0 Å². The van der Waals surface area contributed by atoms with Crippen molar-refractivity contribution in [2.75, 3.05) is 12.4 Å². The summed E-state index contributed by atoms with van der Waals surface area (Å²) >= 11 is 1.51. The Bertz CT molecular complexity index is 638. The highest BCUT2D eigenvalue weighted by atomic mass is 32.2. The van der Waals surface area contributed by atoms with Crippen LogP contribution in [0.2, 0.25) is 0 Å². The van der Waals surface area contributed by atoms with Gasteiger partial charge in [-0.3, -0.25) is 0 Å². The lowest BCUT2D eigenvalue weighted by atomic mass is 10.1. The van der Waals surface area contributed by atoms with E-state index in [0.29, 0.717) is 16.2 Å². The Morgan fingerprint density at radius 1 is 1.33 bits per heavy atom. The number of thioether (sulfide) groups is 1. The molecule has 1 fully saturated rings. The van der Waals surface area contributed by atoms with Gasteiger partial charge in [0.15, 0.2) is 17.4 Å². The zero-order valence-electron chi connectivity index (χ0n) is 11.2. The minimum Gasteiger partial charge on any atom is -0.394 e. The maximum atomic E-state index is 10.0. The first-order valence-corrected chi connectivity index (χ1v) is 7.47. The van der Waals surface area contributed by atoms with E-state index in [1.807, 2.05) is 6.92 Å². The van der Waals surface area contributed by atoms with Gasteiger partial charge in [-0.15, -0.1) is 16.9 Å². The van der Waals surface area contributed by atoms with Gasteiger partial charge in [0.25, 0.3) is 0 Å². The standard InChI is InChI=1S/C11H15N5O4S/c1-2-21-10-6-9(12-4-13-10)16(15-14-6)11-8(19)7(18)5(3-17)20-11/h4-5,7-8,11,17-19H,2-3H2,1H3. The fourth-order valence-electron chi connectivity index (χ4n) is 2.24. The third-order valence-electron chi connectivity index (χ3n) is 3.27. The minimum atomic E-state index is -1.22. The van der Waals surface area contributed by atoms with E-state index in [2.05, 4.69) is 20.3 Å². The summed E-state index contributed by atoms with van der Waals surface area (Å²) in [5.41, 5.74) is 0.929. The van der Waals surface area contributed by atoms with E-state index in [1.165, 1.54) is 22.8 Å². The summed E-state index contributed by atoms with van der Waals surface area (Å²) in [6.45, 7) is 1.60. The molecule has 10 heteroatoms. The molecule has 0 radical (unpaired) electrons. The molecular weight excluding hydrogens is 298 g/mol. The molecule has 1 aliphatic rings. The third-order valence-corrected chi connectivity index (χ3v) is 4.13. The molecule has 2 aromatic heterocycles. The van der Waals surface area contributed by atoms with E-state index in [4.69, 9.17) is 9.84 Å². The topological polar surface area (TPSA) is 126 Å². The molecule has 0 bridgehead atoms. The molecule has 114 valence electrons. The fraction of sp³-hybridized carbons (Fsp3) is 0.636. The first-order chi connectivity index (χ1) is 10.2. The Labute approximate surface area is 124 Å². The highest BCUT2D eigenvalue weighted by Gasteiger charge is 2.44. The summed E-state index contributed by atoms with van der Waals surface area (Å²) in [4.78, 5) is 8.26. The predicted octanol–water partition coefficient (Wildman–Crippen LogP) is -1.06. The van der Waals surface area contributed by atoms with Crippen molar-refractivity contribution in [3.8, 4) is 0 Å². The van der Waals surface area contributed by atoms with Crippen LogP contribution in [0.5, 0.6) is 0 Å². The van der Waals surface area contributed by atoms with Crippen molar-refractivity contribution in [1.29, 1.82) is 0 Å². The fourth-order valence-corrected chi connectivity index (χ4v) is 2.90. The van der Waals surface area contributed by atoms with Gasteiger partial charge in [0, 0.05) is 0 Å². The predicted molar refractivity (Wildman–Crippen MR) is 72.5 cm³/mol. The van der Waals surface area contributed by atoms with Crippen LogP contribution >= 0.6 is 11.8 Å². The molecule has 3 rings (SSSR count). The molecule has 4 atom stereocenters. The summed E-state index contributed by atoms with van der Waals surface area (Å²) in [5.74, 6) is 0.826. The Morgan fingerprint density at radius 3 is 2.81 bits per heavy atom. The Morgan fingerprint density at radius 2 is 2.14 bits per heavy atom. The molecule has 3 heterocycles. The van der Waals surface area contributed by atoms with Gasteiger partial charge in [0.05, 0.1) is 6.61 Å². The minimum absolute atomic E-state index is 0.396. The van der Waals surface area contributed by atoms with Crippen molar-refractivity contribution in [2.24, 2.45) is 0 Å². The first-order valence-electron chi connectivity index (χ1n) is 6.48. The number of nitrogens with zero attached hydrogens (tertiary/aromatic N) is 5. The van der Waals surface area contributed by atoms with Crippen molar-refractivity contribution >= 4 is 22.9 Å². The van der Waals surface area contributed by atoms with Crippen molar-refractivity contribution in [1.82, 2.24) is 25.0 Å². The quantitative estimate of drug-likeness (QED) is 0.478. The van der Waals surface area contributed by atoms with E-state index < -0.39 is 31.1 Å². The molecule has 0 aliphatic carbocycles. The number of fused-ring (bicyclic) bond motifs is 1. The molecule has 4 unspecified atom stereocenters. The van der Waals surface area contributed by atoms with Crippen LogP contribution in [0.4, 0.5) is 0 Å². The highest BCUT2D eigenvalue weighted by molar-refractivity contribution is 7.99. The summed E-state index contributed by atoms with van der Waals surface area (Å²) in [5, 5.41) is 37.6. The van der Waals surface area contributed by atoms with Crippen molar-refractivity contribution in [3.05, 3.63) is 6.33 Å². The van der Waals surface area contributed by atoms with Gasteiger partial charge in [-0.25, -0.2) is 9.97 Å². The summed E-state index contributed by atoms with van der Waals surface area (Å²) in [7, 11) is 0. The van der Waals surface area contributed by atoms with Crippen LogP contribution in [0, 0.1) is 0 Å². The van der Waals surface area contributed by atoms with Gasteiger partial charge in [0.2, 0.25) is 0 Å². The van der Waals surface area contributed by atoms with Gasteiger partial charge in [-0.05, 0) is 5.75 Å². The van der Waals surface area contributed by atoms with Gasteiger partial charge < -0.3 is 20.1 Å². The Kier molecular flexibility index (Phi) is 4.04. The van der Waals surface area contributed by atoms with Gasteiger partial charge in [0.1, 0.15) is 29.7 Å². The van der Waals surface area contributed by atoms with E-state index in [-0.39, 0.29) is 0 Å². The van der Waals surface area contributed by atoms with Gasteiger partial charge >= 0.3 is 0 Å². The number of rotatable bonds is 4. The molecule has 1 aliphatic heterocycles. The maximum absolute atomic E-state index is 10.0. The van der Waals surface area contributed by atoms with Crippen molar-refractivity contribution in [3.63, 3.8) is 0 Å². The number of hydrogen-bond donors (Lipinski definition) is 3. The normalized spacial score (nSPS) is 29.3. The average molecular weight is 313 g/mol. The molecule has 2 aromatic rings. The average Bonchev–Trinajstić information content (AvgIpc) is 3.03. The zero-order valence-corrected chi connectivity index (χ0v) is 12.0. The lowest BCUT2D eigenvalue weighted by Gasteiger charge is -2.14. The Hall–Kier alpha value is -1.33. The number of hydrogen-bond acceptors (Lipinski definition) is 9. The first kappa shape index (κ1) is 14.6. The second kappa shape index (κ2) is 5.81. The van der Waals surface area contributed by atoms with Crippen molar-refractivity contribution < 1.29 is 20.1 Å². The zero-order chi connectivity index (χ0) is 15.0. The molecule has 0 spiro atoms. The molecule has 9 nitrogen and oxygen atoms in total. The van der Waals surface area contributed by atoms with Crippen LogP contribution in [0.25, 0.3) is 11.2 Å². The summed E-state index contributed by atoms with van der Waals surface area (Å²) in [6, 6.07) is 0. The number of aliphatic hydroxyl groups excluding tert-OH is 3. The molecule has 0 saturated carbocycles.